The number of phenols is 1. The third kappa shape index (κ3) is 2.78. The molecule has 3 rings (SSSR count). The maximum atomic E-state index is 12.2. The number of phenolic OH excluding ortho intramolecular Hbond substituents is 1. The molecule has 1 N–H and O–H groups in total. The van der Waals surface area contributed by atoms with Gasteiger partial charge in [-0.05, 0) is 60.9 Å². The maximum absolute atomic E-state index is 12.2. The molecular weight excluding hydrogens is 294 g/mol. The fraction of sp³-hybridized carbons (Fsp3) is 0.111. The second kappa shape index (κ2) is 5.73. The number of benzene rings is 2. The summed E-state index contributed by atoms with van der Waals surface area (Å²) in [4.78, 5) is 16.6. The standard InChI is InChI=1S/C18H15NO2S/c1-11-9-13(10-12(2)17(11)21)7-8-15(20)18-19-14-5-3-4-6-16(14)22-18/h3-10,21H,1-2H3/b8-7+. The Bertz CT molecular complexity index is 837. The summed E-state index contributed by atoms with van der Waals surface area (Å²) in [5, 5.41) is 10.3. The number of para-hydroxylation sites is 1. The molecule has 2 aromatic carbocycles. The molecular formula is C18H15NO2S. The third-order valence-electron chi connectivity index (χ3n) is 3.45. The molecule has 0 aliphatic rings. The number of carbonyl (C=O) groups is 1. The second-order valence-electron chi connectivity index (χ2n) is 5.19. The summed E-state index contributed by atoms with van der Waals surface area (Å²) >= 11 is 1.40. The first kappa shape index (κ1) is 14.5. The number of nitrogens with zero attached hydrogens (tertiary/aromatic N) is 1. The first-order valence-electron chi connectivity index (χ1n) is 6.93. The molecule has 0 unspecified atom stereocenters. The van der Waals surface area contributed by atoms with Crippen molar-refractivity contribution >= 4 is 33.4 Å². The van der Waals surface area contributed by atoms with E-state index in [-0.39, 0.29) is 5.78 Å². The molecule has 0 amide bonds. The Kier molecular flexibility index (Phi) is 3.77. The number of hydrogen-bond acceptors (Lipinski definition) is 4. The van der Waals surface area contributed by atoms with E-state index < -0.39 is 0 Å². The normalized spacial score (nSPS) is 11.4. The summed E-state index contributed by atoms with van der Waals surface area (Å²) in [5.74, 6) is 0.194. The van der Waals surface area contributed by atoms with Crippen molar-refractivity contribution in [3.05, 3.63) is 64.2 Å². The lowest BCUT2D eigenvalue weighted by Gasteiger charge is -2.04. The summed E-state index contributed by atoms with van der Waals surface area (Å²) in [7, 11) is 0. The van der Waals surface area contributed by atoms with Crippen molar-refractivity contribution in [3.63, 3.8) is 0 Å². The van der Waals surface area contributed by atoms with Gasteiger partial charge in [0.25, 0.3) is 0 Å². The summed E-state index contributed by atoms with van der Waals surface area (Å²) < 4.78 is 1.01. The fourth-order valence-electron chi connectivity index (χ4n) is 2.31. The number of aromatic hydroxyl groups is 1. The molecule has 22 heavy (non-hydrogen) atoms. The van der Waals surface area contributed by atoms with E-state index in [0.29, 0.717) is 10.8 Å². The first-order valence-corrected chi connectivity index (χ1v) is 7.74. The molecule has 110 valence electrons. The van der Waals surface area contributed by atoms with E-state index in [0.717, 1.165) is 26.9 Å². The van der Waals surface area contributed by atoms with Crippen LogP contribution in [0.3, 0.4) is 0 Å². The van der Waals surface area contributed by atoms with Gasteiger partial charge in [0.1, 0.15) is 5.75 Å². The molecule has 3 aromatic rings. The number of ketones is 1. The van der Waals surface area contributed by atoms with Crippen LogP contribution in [0.15, 0.2) is 42.5 Å². The molecule has 0 radical (unpaired) electrons. The fourth-order valence-corrected chi connectivity index (χ4v) is 3.19. The average Bonchev–Trinajstić information content (AvgIpc) is 2.94. The van der Waals surface area contributed by atoms with Crippen LogP contribution in [0.25, 0.3) is 16.3 Å². The minimum absolute atomic E-state index is 0.107. The number of thiazole rings is 1. The Labute approximate surface area is 132 Å². The Morgan fingerprint density at radius 2 is 1.86 bits per heavy atom. The lowest BCUT2D eigenvalue weighted by atomic mass is 10.1. The summed E-state index contributed by atoms with van der Waals surface area (Å²) in [5.41, 5.74) is 3.34. The Morgan fingerprint density at radius 1 is 1.18 bits per heavy atom. The van der Waals surface area contributed by atoms with Gasteiger partial charge in [-0.25, -0.2) is 4.98 Å². The Balaban J connectivity index is 1.87. The topological polar surface area (TPSA) is 50.2 Å². The largest absolute Gasteiger partial charge is 0.507 e. The van der Waals surface area contributed by atoms with Gasteiger partial charge in [0.05, 0.1) is 10.2 Å². The quantitative estimate of drug-likeness (QED) is 0.572. The van der Waals surface area contributed by atoms with E-state index in [2.05, 4.69) is 4.98 Å². The van der Waals surface area contributed by atoms with Gasteiger partial charge < -0.3 is 5.11 Å². The van der Waals surface area contributed by atoms with Crippen molar-refractivity contribution in [1.29, 1.82) is 0 Å². The highest BCUT2D eigenvalue weighted by molar-refractivity contribution is 7.20. The monoisotopic (exact) mass is 309 g/mol. The van der Waals surface area contributed by atoms with Gasteiger partial charge in [-0.3, -0.25) is 4.79 Å². The van der Waals surface area contributed by atoms with E-state index >= 15 is 0 Å². The van der Waals surface area contributed by atoms with Crippen LogP contribution < -0.4 is 0 Å². The Hall–Kier alpha value is -2.46. The highest BCUT2D eigenvalue weighted by atomic mass is 32.1. The summed E-state index contributed by atoms with van der Waals surface area (Å²) in [6, 6.07) is 11.4. The van der Waals surface area contributed by atoms with Crippen LogP contribution in [0.4, 0.5) is 0 Å². The molecule has 0 bridgehead atoms. The zero-order valence-corrected chi connectivity index (χ0v) is 13.1. The zero-order valence-electron chi connectivity index (χ0n) is 12.3. The highest BCUT2D eigenvalue weighted by Crippen LogP contribution is 2.24. The van der Waals surface area contributed by atoms with Crippen molar-refractivity contribution in [2.24, 2.45) is 0 Å². The maximum Gasteiger partial charge on any atom is 0.214 e. The van der Waals surface area contributed by atoms with Crippen molar-refractivity contribution in [2.75, 3.05) is 0 Å². The molecule has 1 aromatic heterocycles. The van der Waals surface area contributed by atoms with Crippen LogP contribution in [-0.2, 0) is 0 Å². The number of hydrogen-bond donors (Lipinski definition) is 1. The van der Waals surface area contributed by atoms with Crippen molar-refractivity contribution in [3.8, 4) is 5.75 Å². The zero-order chi connectivity index (χ0) is 15.7. The molecule has 0 fully saturated rings. The van der Waals surface area contributed by atoms with Gasteiger partial charge in [0, 0.05) is 0 Å². The molecule has 4 heteroatoms. The van der Waals surface area contributed by atoms with Crippen LogP contribution in [0.1, 0.15) is 26.5 Å². The molecule has 0 spiro atoms. The molecule has 3 nitrogen and oxygen atoms in total. The number of aryl methyl sites for hydroxylation is 2. The van der Waals surface area contributed by atoms with E-state index in [4.69, 9.17) is 0 Å². The minimum atomic E-state index is -0.107. The van der Waals surface area contributed by atoms with Gasteiger partial charge >= 0.3 is 0 Å². The van der Waals surface area contributed by atoms with Crippen LogP contribution in [0, 0.1) is 13.8 Å². The summed E-state index contributed by atoms with van der Waals surface area (Å²) in [6.07, 6.45) is 3.29. The van der Waals surface area contributed by atoms with E-state index in [1.807, 2.05) is 50.2 Å². The first-order chi connectivity index (χ1) is 10.5. The van der Waals surface area contributed by atoms with E-state index in [1.54, 1.807) is 6.08 Å². The van der Waals surface area contributed by atoms with Crippen LogP contribution in [-0.4, -0.2) is 15.9 Å². The SMILES string of the molecule is Cc1cc(/C=C/C(=O)c2nc3ccccc3s2)cc(C)c1O. The minimum Gasteiger partial charge on any atom is -0.507 e. The summed E-state index contributed by atoms with van der Waals surface area (Å²) in [6.45, 7) is 3.68. The molecule has 0 saturated carbocycles. The predicted octanol–water partition coefficient (Wildman–Crippen LogP) is 4.51. The lowest BCUT2D eigenvalue weighted by molar-refractivity contribution is 0.104. The van der Waals surface area contributed by atoms with Crippen LogP contribution in [0.2, 0.25) is 0 Å². The number of rotatable bonds is 3. The van der Waals surface area contributed by atoms with E-state index in [9.17, 15) is 9.90 Å². The molecule has 0 aliphatic heterocycles. The average molecular weight is 309 g/mol. The molecule has 0 atom stereocenters. The molecule has 0 aliphatic carbocycles. The van der Waals surface area contributed by atoms with E-state index in [1.165, 1.54) is 17.4 Å². The molecule has 1 heterocycles. The highest BCUT2D eigenvalue weighted by Gasteiger charge is 2.09. The predicted molar refractivity (Wildman–Crippen MR) is 90.6 cm³/mol. The second-order valence-corrected chi connectivity index (χ2v) is 6.22. The van der Waals surface area contributed by atoms with Crippen molar-refractivity contribution in [2.45, 2.75) is 13.8 Å². The molecule has 0 saturated heterocycles. The van der Waals surface area contributed by atoms with Gasteiger partial charge in [-0.15, -0.1) is 11.3 Å². The third-order valence-corrected chi connectivity index (χ3v) is 4.50. The lowest BCUT2D eigenvalue weighted by Crippen LogP contribution is -1.92. The number of allylic oxidation sites excluding steroid dienone is 1. The Morgan fingerprint density at radius 3 is 2.55 bits per heavy atom. The van der Waals surface area contributed by atoms with Crippen molar-refractivity contribution in [1.82, 2.24) is 4.98 Å². The number of aromatic nitrogens is 1. The van der Waals surface area contributed by atoms with Crippen LogP contribution >= 0.6 is 11.3 Å². The van der Waals surface area contributed by atoms with Gasteiger partial charge in [0.15, 0.2) is 5.01 Å². The van der Waals surface area contributed by atoms with Crippen LogP contribution in [0.5, 0.6) is 5.75 Å². The smallest absolute Gasteiger partial charge is 0.214 e. The van der Waals surface area contributed by atoms with Gasteiger partial charge in [-0.2, -0.15) is 0 Å². The number of carbonyl (C=O) groups excluding carboxylic acids is 1. The van der Waals surface area contributed by atoms with Gasteiger partial charge in [-0.1, -0.05) is 18.2 Å². The number of fused-ring (bicyclic) bond motifs is 1. The van der Waals surface area contributed by atoms with Crippen molar-refractivity contribution < 1.29 is 9.90 Å². The van der Waals surface area contributed by atoms with Gasteiger partial charge in [0.2, 0.25) is 5.78 Å².